The van der Waals surface area contributed by atoms with Gasteiger partial charge < -0.3 is 18.9 Å². The summed E-state index contributed by atoms with van der Waals surface area (Å²) in [6.45, 7) is 1.71. The van der Waals surface area contributed by atoms with Crippen molar-refractivity contribution in [3.63, 3.8) is 0 Å². The lowest BCUT2D eigenvalue weighted by Crippen LogP contribution is -2.41. The van der Waals surface area contributed by atoms with Gasteiger partial charge in [-0.1, -0.05) is 61.5 Å². The fourth-order valence-electron chi connectivity index (χ4n) is 3.90. The van der Waals surface area contributed by atoms with E-state index in [1.807, 2.05) is 6.92 Å². The molecule has 0 radical (unpaired) electrons. The number of rotatable bonds is 8. The highest BCUT2D eigenvalue weighted by Gasteiger charge is 2.49. The van der Waals surface area contributed by atoms with E-state index in [1.165, 1.54) is 0 Å². The van der Waals surface area contributed by atoms with Gasteiger partial charge in [0.05, 0.1) is 22.8 Å². The van der Waals surface area contributed by atoms with Crippen LogP contribution in [-0.2, 0) is 18.9 Å². The van der Waals surface area contributed by atoms with Crippen molar-refractivity contribution in [3.8, 4) is 0 Å². The number of hydrogen-bond donors (Lipinski definition) is 0. The number of benzene rings is 3. The van der Waals surface area contributed by atoms with E-state index in [0.717, 1.165) is 0 Å². The largest absolute Gasteiger partial charge is 0.459 e. The minimum Gasteiger partial charge on any atom is -0.459 e. The molecule has 1 heterocycles. The Kier molecular flexibility index (Phi) is 7.90. The number of carbonyl (C=O) groups is 3. The molecule has 0 aromatic heterocycles. The van der Waals surface area contributed by atoms with Gasteiger partial charge in [-0.3, -0.25) is 0 Å². The summed E-state index contributed by atoms with van der Waals surface area (Å²) in [6, 6.07) is 25.6. The molecular formula is C28H26O7. The lowest BCUT2D eigenvalue weighted by atomic mass is 10.1. The smallest absolute Gasteiger partial charge is 0.338 e. The minimum absolute atomic E-state index is 0.170. The first kappa shape index (κ1) is 24.2. The van der Waals surface area contributed by atoms with Crippen molar-refractivity contribution in [2.45, 2.75) is 37.8 Å². The molecule has 1 aliphatic heterocycles. The maximum Gasteiger partial charge on any atom is 0.338 e. The lowest BCUT2D eigenvalue weighted by Gasteiger charge is -2.24. The second-order valence-corrected chi connectivity index (χ2v) is 8.06. The van der Waals surface area contributed by atoms with Crippen molar-refractivity contribution in [1.82, 2.24) is 0 Å². The van der Waals surface area contributed by atoms with E-state index < -0.39 is 42.3 Å². The molecule has 0 aliphatic carbocycles. The minimum atomic E-state index is -0.969. The fourth-order valence-corrected chi connectivity index (χ4v) is 3.90. The highest BCUT2D eigenvalue weighted by atomic mass is 16.6. The summed E-state index contributed by atoms with van der Waals surface area (Å²) in [6.07, 6.45) is -2.70. The molecule has 3 aromatic rings. The van der Waals surface area contributed by atoms with Crippen molar-refractivity contribution < 1.29 is 33.3 Å². The number of carbonyl (C=O) groups excluding carboxylic acids is 3. The first-order chi connectivity index (χ1) is 17.1. The first-order valence-electron chi connectivity index (χ1n) is 11.5. The summed E-state index contributed by atoms with van der Waals surface area (Å²) in [5, 5.41) is 0. The molecule has 3 aromatic carbocycles. The first-order valence-corrected chi connectivity index (χ1v) is 11.5. The van der Waals surface area contributed by atoms with Crippen LogP contribution >= 0.6 is 0 Å². The zero-order chi connectivity index (χ0) is 24.6. The molecular weight excluding hydrogens is 448 g/mol. The van der Waals surface area contributed by atoms with Crippen molar-refractivity contribution >= 4 is 17.9 Å². The van der Waals surface area contributed by atoms with Crippen LogP contribution in [-0.4, -0.2) is 48.9 Å². The second kappa shape index (κ2) is 11.4. The van der Waals surface area contributed by atoms with Gasteiger partial charge in [-0.25, -0.2) is 14.4 Å². The fraction of sp³-hybridized carbons (Fsp3) is 0.250. The summed E-state index contributed by atoms with van der Waals surface area (Å²) in [5.74, 6) is -1.67. The van der Waals surface area contributed by atoms with Crippen molar-refractivity contribution in [3.05, 3.63) is 108 Å². The van der Waals surface area contributed by atoms with Gasteiger partial charge >= 0.3 is 17.9 Å². The summed E-state index contributed by atoms with van der Waals surface area (Å²) in [7, 11) is 0. The molecule has 4 unspecified atom stereocenters. The molecule has 0 spiro atoms. The SMILES string of the molecule is CCC1OC(COC(=O)c2ccccc2)C(OC(=O)c2ccccc2)C1OC(=O)c1ccccc1. The number of hydrogen-bond acceptors (Lipinski definition) is 7. The summed E-state index contributed by atoms with van der Waals surface area (Å²) >= 11 is 0. The molecule has 0 saturated carbocycles. The van der Waals surface area contributed by atoms with E-state index in [4.69, 9.17) is 18.9 Å². The Morgan fingerprint density at radius 1 is 0.629 bits per heavy atom. The lowest BCUT2D eigenvalue weighted by molar-refractivity contribution is -0.0449. The Morgan fingerprint density at radius 2 is 1.03 bits per heavy atom. The van der Waals surface area contributed by atoms with Crippen LogP contribution in [0.15, 0.2) is 91.0 Å². The van der Waals surface area contributed by atoms with Gasteiger partial charge in [0.1, 0.15) is 12.7 Å². The summed E-state index contributed by atoms with van der Waals surface area (Å²) < 4.78 is 23.1. The third kappa shape index (κ3) is 5.94. The van der Waals surface area contributed by atoms with Crippen molar-refractivity contribution in [2.75, 3.05) is 6.61 Å². The quantitative estimate of drug-likeness (QED) is 0.352. The highest BCUT2D eigenvalue weighted by Crippen LogP contribution is 2.30. The van der Waals surface area contributed by atoms with Crippen LogP contribution < -0.4 is 0 Å². The van der Waals surface area contributed by atoms with Gasteiger partial charge in [0, 0.05) is 0 Å². The predicted molar refractivity (Wildman–Crippen MR) is 127 cm³/mol. The predicted octanol–water partition coefficient (Wildman–Crippen LogP) is 4.47. The van der Waals surface area contributed by atoms with Crippen LogP contribution in [0, 0.1) is 0 Å². The Bertz CT molecular complexity index is 1130. The van der Waals surface area contributed by atoms with Crippen molar-refractivity contribution in [2.24, 2.45) is 0 Å². The van der Waals surface area contributed by atoms with Gasteiger partial charge in [-0.15, -0.1) is 0 Å². The molecule has 0 N–H and O–H groups in total. The zero-order valence-corrected chi connectivity index (χ0v) is 19.2. The number of ether oxygens (including phenoxy) is 4. The molecule has 0 amide bonds. The second-order valence-electron chi connectivity index (χ2n) is 8.06. The standard InChI is InChI=1S/C28H26O7/c1-2-22-24(34-27(30)20-14-8-4-9-15-20)25(35-28(31)21-16-10-5-11-17-21)23(33-22)18-32-26(29)19-12-6-3-7-13-19/h3-17,22-25H,2,18H2,1H3. The van der Waals surface area contributed by atoms with Gasteiger partial charge in [0.2, 0.25) is 0 Å². The van der Waals surface area contributed by atoms with Gasteiger partial charge in [-0.05, 0) is 42.8 Å². The monoisotopic (exact) mass is 474 g/mol. The Labute approximate surface area is 203 Å². The van der Waals surface area contributed by atoms with E-state index >= 15 is 0 Å². The van der Waals surface area contributed by atoms with Crippen LogP contribution in [0.5, 0.6) is 0 Å². The maximum absolute atomic E-state index is 12.9. The summed E-state index contributed by atoms with van der Waals surface area (Å²) in [4.78, 5) is 38.2. The van der Waals surface area contributed by atoms with E-state index in [2.05, 4.69) is 0 Å². The summed E-state index contributed by atoms with van der Waals surface area (Å²) in [5.41, 5.74) is 1.11. The van der Waals surface area contributed by atoms with Crippen LogP contribution in [0.25, 0.3) is 0 Å². The van der Waals surface area contributed by atoms with E-state index in [9.17, 15) is 14.4 Å². The molecule has 4 atom stereocenters. The van der Waals surface area contributed by atoms with E-state index in [0.29, 0.717) is 23.1 Å². The molecule has 1 fully saturated rings. The molecule has 1 aliphatic rings. The molecule has 7 heteroatoms. The molecule has 180 valence electrons. The van der Waals surface area contributed by atoms with Crippen LogP contribution in [0.2, 0.25) is 0 Å². The maximum atomic E-state index is 12.9. The number of esters is 3. The van der Waals surface area contributed by atoms with Crippen LogP contribution in [0.4, 0.5) is 0 Å². The van der Waals surface area contributed by atoms with Crippen LogP contribution in [0.3, 0.4) is 0 Å². The molecule has 4 rings (SSSR count). The average molecular weight is 475 g/mol. The normalized spacial score (nSPS) is 21.2. The topological polar surface area (TPSA) is 88.1 Å². The Hall–Kier alpha value is -3.97. The molecule has 1 saturated heterocycles. The van der Waals surface area contributed by atoms with E-state index in [-0.39, 0.29) is 6.61 Å². The average Bonchev–Trinajstić information content (AvgIpc) is 3.24. The van der Waals surface area contributed by atoms with E-state index in [1.54, 1.807) is 91.0 Å². The zero-order valence-electron chi connectivity index (χ0n) is 19.2. The highest BCUT2D eigenvalue weighted by molar-refractivity contribution is 5.91. The third-order valence-electron chi connectivity index (χ3n) is 5.70. The van der Waals surface area contributed by atoms with Gasteiger partial charge in [0.25, 0.3) is 0 Å². The Morgan fingerprint density at radius 3 is 1.46 bits per heavy atom. The molecule has 35 heavy (non-hydrogen) atoms. The van der Waals surface area contributed by atoms with Gasteiger partial charge in [0.15, 0.2) is 12.2 Å². The third-order valence-corrected chi connectivity index (χ3v) is 5.70. The Balaban J connectivity index is 1.54. The van der Waals surface area contributed by atoms with Crippen molar-refractivity contribution in [1.29, 1.82) is 0 Å². The molecule has 0 bridgehead atoms. The van der Waals surface area contributed by atoms with Gasteiger partial charge in [-0.2, -0.15) is 0 Å². The molecule has 7 nitrogen and oxygen atoms in total. The van der Waals surface area contributed by atoms with Crippen LogP contribution in [0.1, 0.15) is 44.4 Å².